The molecule has 0 bridgehead atoms. The maximum Gasteiger partial charge on any atom is 0.145 e. The summed E-state index contributed by atoms with van der Waals surface area (Å²) < 4.78 is 2.24. The molecule has 1 aliphatic rings. The number of aromatic nitrogens is 2. The molecule has 0 radical (unpaired) electrons. The third-order valence-electron chi connectivity index (χ3n) is 4.18. The Morgan fingerprint density at radius 3 is 2.90 bits per heavy atom. The number of benzene rings is 2. The van der Waals surface area contributed by atoms with Crippen LogP contribution >= 0.6 is 0 Å². The van der Waals surface area contributed by atoms with Gasteiger partial charge in [0.1, 0.15) is 5.65 Å². The smallest absolute Gasteiger partial charge is 0.145 e. The molecule has 0 spiro atoms. The lowest BCUT2D eigenvalue weighted by molar-refractivity contribution is 1.19. The van der Waals surface area contributed by atoms with Gasteiger partial charge in [-0.1, -0.05) is 42.5 Å². The minimum Gasteiger partial charge on any atom is -0.300 e. The molecule has 20 heavy (non-hydrogen) atoms. The van der Waals surface area contributed by atoms with Crippen LogP contribution in [-0.4, -0.2) is 9.38 Å². The first-order valence-corrected chi connectivity index (χ1v) is 6.90. The van der Waals surface area contributed by atoms with Crippen molar-refractivity contribution in [3.8, 4) is 0 Å². The van der Waals surface area contributed by atoms with Gasteiger partial charge in [0, 0.05) is 16.8 Å². The Bertz CT molecular complexity index is 1060. The maximum atomic E-state index is 4.90. The van der Waals surface area contributed by atoms with Crippen LogP contribution < -0.4 is 5.22 Å². The molecule has 4 aromatic rings. The molecule has 5 rings (SSSR count). The highest BCUT2D eigenvalue weighted by Gasteiger charge is 2.12. The molecule has 0 unspecified atom stereocenters. The van der Waals surface area contributed by atoms with E-state index in [-0.39, 0.29) is 0 Å². The van der Waals surface area contributed by atoms with E-state index in [0.717, 1.165) is 17.6 Å². The summed E-state index contributed by atoms with van der Waals surface area (Å²) in [5.41, 5.74) is 4.74. The number of rotatable bonds is 0. The molecule has 2 nitrogen and oxygen atoms in total. The van der Waals surface area contributed by atoms with Crippen LogP contribution in [0.4, 0.5) is 0 Å². The maximum absolute atomic E-state index is 4.90. The Labute approximate surface area is 115 Å². The van der Waals surface area contributed by atoms with Crippen LogP contribution in [0.2, 0.25) is 0 Å². The molecule has 2 heterocycles. The summed E-state index contributed by atoms with van der Waals surface area (Å²) in [5, 5.41) is 3.77. The van der Waals surface area contributed by atoms with Gasteiger partial charge in [-0.2, -0.15) is 0 Å². The van der Waals surface area contributed by atoms with Gasteiger partial charge in [-0.05, 0) is 29.5 Å². The Morgan fingerprint density at radius 1 is 1.05 bits per heavy atom. The first-order chi connectivity index (χ1) is 9.92. The number of hydrogen-bond acceptors (Lipinski definition) is 1. The lowest BCUT2D eigenvalue weighted by Gasteiger charge is -2.07. The molecule has 94 valence electrons. The van der Waals surface area contributed by atoms with Crippen LogP contribution in [0.3, 0.4) is 0 Å². The predicted octanol–water partition coefficient (Wildman–Crippen LogP) is 3.25. The van der Waals surface area contributed by atoms with Crippen LogP contribution in [0.5, 0.6) is 0 Å². The van der Waals surface area contributed by atoms with Crippen molar-refractivity contribution >= 4 is 33.5 Å². The monoisotopic (exact) mass is 256 g/mol. The number of nitrogens with zero attached hydrogens (tertiary/aromatic N) is 2. The van der Waals surface area contributed by atoms with Crippen molar-refractivity contribution in [2.75, 3.05) is 0 Å². The van der Waals surface area contributed by atoms with Crippen molar-refractivity contribution in [2.45, 2.75) is 6.42 Å². The zero-order valence-corrected chi connectivity index (χ0v) is 10.9. The second-order valence-electron chi connectivity index (χ2n) is 5.32. The minimum absolute atomic E-state index is 0.994. The van der Waals surface area contributed by atoms with Crippen molar-refractivity contribution < 1.29 is 0 Å². The van der Waals surface area contributed by atoms with Crippen molar-refractivity contribution in [3.63, 3.8) is 0 Å². The van der Waals surface area contributed by atoms with E-state index >= 15 is 0 Å². The van der Waals surface area contributed by atoms with Crippen molar-refractivity contribution in [1.29, 1.82) is 0 Å². The second-order valence-corrected chi connectivity index (χ2v) is 5.32. The molecule has 0 N–H and O–H groups in total. The third kappa shape index (κ3) is 1.16. The first-order valence-electron chi connectivity index (χ1n) is 6.90. The molecule has 0 fully saturated rings. The van der Waals surface area contributed by atoms with E-state index in [4.69, 9.17) is 4.98 Å². The fourth-order valence-corrected chi connectivity index (χ4v) is 3.27. The Kier molecular flexibility index (Phi) is 1.78. The van der Waals surface area contributed by atoms with Gasteiger partial charge in [0.2, 0.25) is 0 Å². The fourth-order valence-electron chi connectivity index (χ4n) is 3.27. The quantitative estimate of drug-likeness (QED) is 0.472. The highest BCUT2D eigenvalue weighted by Crippen LogP contribution is 2.26. The standard InChI is InChI=1S/C18H12N2/c1-2-8-14-13(5-1)11-20-16-10-4-7-12-6-3-9-15(17(12)16)19-18(14)20/h1-4,6-11H,5H2. The SMILES string of the molecule is C1=CCc2cn3c(nc4cccc5cccc3c54)c2=C1. The van der Waals surface area contributed by atoms with E-state index in [9.17, 15) is 0 Å². The summed E-state index contributed by atoms with van der Waals surface area (Å²) in [4.78, 5) is 4.90. The van der Waals surface area contributed by atoms with Crippen LogP contribution in [0, 0.1) is 0 Å². The highest BCUT2D eigenvalue weighted by molar-refractivity contribution is 6.08. The van der Waals surface area contributed by atoms with Gasteiger partial charge in [0.05, 0.1) is 11.0 Å². The summed E-state index contributed by atoms with van der Waals surface area (Å²) in [7, 11) is 0. The van der Waals surface area contributed by atoms with Gasteiger partial charge in [-0.15, -0.1) is 0 Å². The average molecular weight is 256 g/mol. The van der Waals surface area contributed by atoms with Crippen LogP contribution in [0.25, 0.3) is 33.5 Å². The number of fused-ring (bicyclic) bond motifs is 4. The van der Waals surface area contributed by atoms with Gasteiger partial charge in [-0.25, -0.2) is 4.98 Å². The molecule has 2 aromatic heterocycles. The fraction of sp³-hybridized carbons (Fsp3) is 0.0556. The molecule has 0 saturated heterocycles. The van der Waals surface area contributed by atoms with E-state index in [1.165, 1.54) is 27.1 Å². The van der Waals surface area contributed by atoms with Crippen LogP contribution in [0.1, 0.15) is 5.56 Å². The molecule has 0 amide bonds. The Hall–Kier alpha value is -2.61. The lowest BCUT2D eigenvalue weighted by Crippen LogP contribution is -2.08. The van der Waals surface area contributed by atoms with E-state index in [1.54, 1.807) is 0 Å². The second kappa shape index (κ2) is 3.48. The molecule has 2 heteroatoms. The molecular formula is C18H12N2. The normalized spacial score (nSPS) is 14.0. The largest absolute Gasteiger partial charge is 0.300 e. The topological polar surface area (TPSA) is 17.3 Å². The average Bonchev–Trinajstić information content (AvgIpc) is 2.87. The molecular weight excluding hydrogens is 244 g/mol. The summed E-state index contributed by atoms with van der Waals surface area (Å²) in [6, 6.07) is 12.8. The third-order valence-corrected chi connectivity index (χ3v) is 4.18. The summed E-state index contributed by atoms with van der Waals surface area (Å²) in [6.07, 6.45) is 9.72. The molecule has 0 aliphatic heterocycles. The molecule has 0 saturated carbocycles. The number of allylic oxidation sites excluding steroid dienone is 2. The van der Waals surface area contributed by atoms with Gasteiger partial charge < -0.3 is 4.40 Å². The van der Waals surface area contributed by atoms with E-state index in [0.29, 0.717) is 0 Å². The van der Waals surface area contributed by atoms with Crippen LogP contribution in [0.15, 0.2) is 54.7 Å². The van der Waals surface area contributed by atoms with Gasteiger partial charge in [0.25, 0.3) is 0 Å². The lowest BCUT2D eigenvalue weighted by atomic mass is 10.1. The Balaban J connectivity index is 2.15. The molecule has 1 aliphatic carbocycles. The zero-order valence-electron chi connectivity index (χ0n) is 10.9. The minimum atomic E-state index is 0.994. The van der Waals surface area contributed by atoms with Crippen molar-refractivity contribution in [1.82, 2.24) is 9.38 Å². The summed E-state index contributed by atoms with van der Waals surface area (Å²) in [6.45, 7) is 0. The first kappa shape index (κ1) is 10.2. The van der Waals surface area contributed by atoms with Crippen LogP contribution in [-0.2, 0) is 6.42 Å². The van der Waals surface area contributed by atoms with Crippen molar-refractivity contribution in [2.24, 2.45) is 0 Å². The van der Waals surface area contributed by atoms with E-state index in [1.807, 2.05) is 0 Å². The van der Waals surface area contributed by atoms with Crippen molar-refractivity contribution in [3.05, 3.63) is 65.5 Å². The van der Waals surface area contributed by atoms with Gasteiger partial charge in [-0.3, -0.25) is 0 Å². The zero-order chi connectivity index (χ0) is 13.1. The predicted molar refractivity (Wildman–Crippen MR) is 82.7 cm³/mol. The summed E-state index contributed by atoms with van der Waals surface area (Å²) in [5.74, 6) is 0. The summed E-state index contributed by atoms with van der Waals surface area (Å²) >= 11 is 0. The van der Waals surface area contributed by atoms with E-state index in [2.05, 4.69) is 65.2 Å². The molecule has 2 aromatic carbocycles. The van der Waals surface area contributed by atoms with Gasteiger partial charge in [0.15, 0.2) is 0 Å². The highest BCUT2D eigenvalue weighted by atomic mass is 15.0. The van der Waals surface area contributed by atoms with E-state index < -0.39 is 0 Å². The molecule has 0 atom stereocenters. The van der Waals surface area contributed by atoms with Gasteiger partial charge >= 0.3 is 0 Å². The Morgan fingerprint density at radius 2 is 1.95 bits per heavy atom. The number of hydrogen-bond donors (Lipinski definition) is 0.